The van der Waals surface area contributed by atoms with Crippen molar-refractivity contribution in [1.29, 1.82) is 0 Å². The van der Waals surface area contributed by atoms with Gasteiger partial charge in [0, 0.05) is 5.56 Å². The first-order valence-electron chi connectivity index (χ1n) is 7.89. The molecule has 0 bridgehead atoms. The molecule has 10 heteroatoms. The molecule has 3 aromatic carbocycles. The van der Waals surface area contributed by atoms with E-state index in [0.29, 0.717) is 0 Å². The Morgan fingerprint density at radius 2 is 1.28 bits per heavy atom. The topological polar surface area (TPSA) is 94.8 Å². The molecule has 0 aliphatic heterocycles. The van der Waals surface area contributed by atoms with Crippen LogP contribution >= 0.6 is 46.4 Å². The molecule has 1 atom stereocenters. The third kappa shape index (κ3) is 3.65. The van der Waals surface area contributed by atoms with Gasteiger partial charge in [-0.2, -0.15) is 8.42 Å². The van der Waals surface area contributed by atoms with Gasteiger partial charge in [-0.1, -0.05) is 70.7 Å². The molecule has 0 spiro atoms. The van der Waals surface area contributed by atoms with Gasteiger partial charge in [0.05, 0.1) is 20.1 Å². The van der Waals surface area contributed by atoms with Gasteiger partial charge in [-0.15, -0.1) is 0 Å². The van der Waals surface area contributed by atoms with Crippen LogP contribution in [0.4, 0.5) is 0 Å². The van der Waals surface area contributed by atoms with E-state index in [1.165, 1.54) is 54.6 Å². The van der Waals surface area contributed by atoms with Gasteiger partial charge in [0.25, 0.3) is 10.1 Å². The minimum absolute atomic E-state index is 0.00344. The van der Waals surface area contributed by atoms with Gasteiger partial charge in [0.1, 0.15) is 5.75 Å². The Hall–Kier alpha value is -1.67. The standard InChI is InChI=1S/C19H12Cl4O5S/c20-14-7-3-11(9-16(14)22)19(29(26,27)28,10-1-4-12(24)5-2-10)13-6-8-15(21)18(25)17(13)23/h1-9,24-25H,(H,26,27,28). The molecule has 0 aliphatic rings. The van der Waals surface area contributed by atoms with Gasteiger partial charge in [-0.3, -0.25) is 4.55 Å². The average Bonchev–Trinajstić information content (AvgIpc) is 2.65. The zero-order chi connectivity index (χ0) is 21.6. The van der Waals surface area contributed by atoms with Crippen LogP contribution in [0.15, 0.2) is 54.6 Å². The fourth-order valence-corrected chi connectivity index (χ4v) is 5.31. The predicted molar refractivity (Wildman–Crippen MR) is 114 cm³/mol. The molecule has 152 valence electrons. The SMILES string of the molecule is O=S(=O)(O)C(c1ccc(O)cc1)(c1ccc(Cl)c(Cl)c1)c1ccc(Cl)c(O)c1Cl. The second kappa shape index (κ2) is 7.87. The summed E-state index contributed by atoms with van der Waals surface area (Å²) in [6.45, 7) is 0. The zero-order valence-corrected chi connectivity index (χ0v) is 18.1. The molecule has 0 amide bonds. The molecule has 0 aliphatic carbocycles. The summed E-state index contributed by atoms with van der Waals surface area (Å²) < 4.78 is 34.0. The summed E-state index contributed by atoms with van der Waals surface area (Å²) in [5, 5.41) is 19.6. The van der Waals surface area contributed by atoms with Crippen LogP contribution in [-0.2, 0) is 14.9 Å². The van der Waals surface area contributed by atoms with Crippen molar-refractivity contribution in [1.82, 2.24) is 0 Å². The number of aromatic hydroxyl groups is 2. The molecule has 3 N–H and O–H groups in total. The minimum atomic E-state index is -5.00. The highest BCUT2D eigenvalue weighted by molar-refractivity contribution is 7.87. The first-order chi connectivity index (χ1) is 13.5. The average molecular weight is 494 g/mol. The van der Waals surface area contributed by atoms with Crippen LogP contribution in [0.3, 0.4) is 0 Å². The molecule has 0 saturated carbocycles. The highest BCUT2D eigenvalue weighted by atomic mass is 35.5. The Bertz CT molecular complexity index is 1200. The van der Waals surface area contributed by atoms with Crippen molar-refractivity contribution in [3.63, 3.8) is 0 Å². The molecule has 29 heavy (non-hydrogen) atoms. The van der Waals surface area contributed by atoms with Gasteiger partial charge >= 0.3 is 0 Å². The van der Waals surface area contributed by atoms with Crippen LogP contribution in [0.25, 0.3) is 0 Å². The minimum Gasteiger partial charge on any atom is -0.508 e. The Balaban J connectivity index is 2.56. The van der Waals surface area contributed by atoms with Gasteiger partial charge in [0.15, 0.2) is 10.5 Å². The second-order valence-electron chi connectivity index (χ2n) is 6.09. The van der Waals surface area contributed by atoms with Crippen molar-refractivity contribution in [3.05, 3.63) is 91.4 Å². The molecule has 1 unspecified atom stereocenters. The number of hydrogen-bond acceptors (Lipinski definition) is 4. The molecule has 0 saturated heterocycles. The maximum absolute atomic E-state index is 12.9. The van der Waals surface area contributed by atoms with Crippen molar-refractivity contribution < 1.29 is 23.2 Å². The molecule has 0 radical (unpaired) electrons. The number of rotatable bonds is 4. The van der Waals surface area contributed by atoms with E-state index < -0.39 is 20.6 Å². The summed E-state index contributed by atoms with van der Waals surface area (Å²) in [5.41, 5.74) is -0.142. The number of phenols is 2. The summed E-state index contributed by atoms with van der Waals surface area (Å²) in [7, 11) is -5.00. The quantitative estimate of drug-likeness (QED) is 0.311. The van der Waals surface area contributed by atoms with Crippen LogP contribution in [0, 0.1) is 0 Å². The van der Waals surface area contributed by atoms with E-state index in [1.54, 1.807) is 0 Å². The van der Waals surface area contributed by atoms with Crippen LogP contribution < -0.4 is 0 Å². The summed E-state index contributed by atoms with van der Waals surface area (Å²) >= 11 is 24.3. The lowest BCUT2D eigenvalue weighted by Gasteiger charge is -2.33. The summed E-state index contributed by atoms with van der Waals surface area (Å²) in [5.74, 6) is -0.685. The fraction of sp³-hybridized carbons (Fsp3) is 0.0526. The maximum Gasteiger partial charge on any atom is 0.283 e. The normalized spacial score (nSPS) is 13.8. The monoisotopic (exact) mass is 492 g/mol. The van der Waals surface area contributed by atoms with E-state index in [4.69, 9.17) is 46.4 Å². The van der Waals surface area contributed by atoms with E-state index in [1.807, 2.05) is 0 Å². The lowest BCUT2D eigenvalue weighted by Crippen LogP contribution is -2.38. The van der Waals surface area contributed by atoms with Crippen molar-refractivity contribution in [2.75, 3.05) is 0 Å². The zero-order valence-electron chi connectivity index (χ0n) is 14.3. The van der Waals surface area contributed by atoms with Crippen molar-refractivity contribution in [2.45, 2.75) is 4.75 Å². The first kappa shape index (κ1) is 22.0. The van der Waals surface area contributed by atoms with Gasteiger partial charge < -0.3 is 10.2 Å². The smallest absolute Gasteiger partial charge is 0.283 e. The van der Waals surface area contributed by atoms with E-state index in [-0.39, 0.29) is 42.5 Å². The van der Waals surface area contributed by atoms with Crippen molar-refractivity contribution in [2.24, 2.45) is 0 Å². The lowest BCUT2D eigenvalue weighted by molar-refractivity contribution is 0.455. The Labute approximate surface area is 186 Å². The lowest BCUT2D eigenvalue weighted by atomic mass is 9.83. The third-order valence-electron chi connectivity index (χ3n) is 4.43. The van der Waals surface area contributed by atoms with Gasteiger partial charge in [0.2, 0.25) is 0 Å². The highest BCUT2D eigenvalue weighted by Gasteiger charge is 2.50. The Kier molecular flexibility index (Phi) is 5.98. The summed E-state index contributed by atoms with van der Waals surface area (Å²) in [4.78, 5) is 0. The molecular formula is C19H12Cl4O5S. The summed E-state index contributed by atoms with van der Waals surface area (Å²) in [6.07, 6.45) is 0. The summed E-state index contributed by atoms with van der Waals surface area (Å²) in [6, 6.07) is 11.6. The first-order valence-corrected chi connectivity index (χ1v) is 10.8. The molecule has 3 aromatic rings. The number of benzene rings is 3. The second-order valence-corrected chi connectivity index (χ2v) is 9.25. The van der Waals surface area contributed by atoms with E-state index in [9.17, 15) is 23.2 Å². The maximum atomic E-state index is 12.9. The largest absolute Gasteiger partial charge is 0.508 e. The fourth-order valence-electron chi connectivity index (χ4n) is 3.14. The van der Waals surface area contributed by atoms with Crippen LogP contribution in [0.5, 0.6) is 11.5 Å². The van der Waals surface area contributed by atoms with Crippen LogP contribution in [-0.4, -0.2) is 23.2 Å². The van der Waals surface area contributed by atoms with E-state index in [2.05, 4.69) is 0 Å². The van der Waals surface area contributed by atoms with Gasteiger partial charge in [-0.05, 0) is 41.5 Å². The third-order valence-corrected chi connectivity index (χ3v) is 7.32. The van der Waals surface area contributed by atoms with Crippen molar-refractivity contribution in [3.8, 4) is 11.5 Å². The van der Waals surface area contributed by atoms with Crippen LogP contribution in [0.2, 0.25) is 20.1 Å². The number of halogens is 4. The van der Waals surface area contributed by atoms with E-state index >= 15 is 0 Å². The Morgan fingerprint density at radius 3 is 1.83 bits per heavy atom. The molecule has 0 fully saturated rings. The molecule has 0 aromatic heterocycles. The number of phenolic OH excluding ortho intramolecular Hbond substituents is 2. The van der Waals surface area contributed by atoms with Crippen LogP contribution in [0.1, 0.15) is 16.7 Å². The molecular weight excluding hydrogens is 482 g/mol. The van der Waals surface area contributed by atoms with Crippen molar-refractivity contribution >= 4 is 56.5 Å². The Morgan fingerprint density at radius 1 is 0.724 bits per heavy atom. The van der Waals surface area contributed by atoms with Gasteiger partial charge in [-0.25, -0.2) is 0 Å². The molecule has 5 nitrogen and oxygen atoms in total. The molecule has 3 rings (SSSR count). The van der Waals surface area contributed by atoms with E-state index in [0.717, 1.165) is 0 Å². The predicted octanol–water partition coefficient (Wildman–Crippen LogP) is 5.89. The number of hydrogen-bond donors (Lipinski definition) is 3. The molecule has 0 heterocycles. The highest BCUT2D eigenvalue weighted by Crippen LogP contribution is 2.50.